The van der Waals surface area contributed by atoms with Gasteiger partial charge in [-0.3, -0.25) is 0 Å². The number of hydrogen-bond donors (Lipinski definition) is 1. The number of alkyl halides is 3. The van der Waals surface area contributed by atoms with Gasteiger partial charge in [-0.05, 0) is 19.3 Å². The average Bonchev–Trinajstić information content (AvgIpc) is 3.37. The zero-order valence-electron chi connectivity index (χ0n) is 16.2. The predicted molar refractivity (Wildman–Crippen MR) is 104 cm³/mol. The monoisotopic (exact) mass is 421 g/mol. The van der Waals surface area contributed by atoms with Crippen LogP contribution in [0.5, 0.6) is 0 Å². The molecular formula is C19H22F3N7O. The molecule has 0 radical (unpaired) electrons. The number of nitrogens with two attached hydrogens (primary N) is 1. The topological polar surface area (TPSA) is 93.3 Å². The molecule has 5 rings (SSSR count). The van der Waals surface area contributed by atoms with Gasteiger partial charge in [0, 0.05) is 43.7 Å². The third-order valence-corrected chi connectivity index (χ3v) is 6.10. The molecule has 3 aliphatic rings. The minimum absolute atomic E-state index is 0.0413. The molecule has 0 amide bonds. The highest BCUT2D eigenvalue weighted by molar-refractivity contribution is 5.64. The highest BCUT2D eigenvalue weighted by Gasteiger charge is 2.42. The molecule has 2 aromatic rings. The summed E-state index contributed by atoms with van der Waals surface area (Å²) in [7, 11) is 0. The molecule has 160 valence electrons. The van der Waals surface area contributed by atoms with Crippen LogP contribution >= 0.6 is 0 Å². The van der Waals surface area contributed by atoms with Crippen molar-refractivity contribution in [2.75, 3.05) is 41.8 Å². The molecule has 3 saturated heterocycles. The average molecular weight is 421 g/mol. The Hall–Kier alpha value is -2.69. The van der Waals surface area contributed by atoms with Crippen molar-refractivity contribution in [2.24, 2.45) is 5.92 Å². The first-order valence-electron chi connectivity index (χ1n) is 10.0. The minimum Gasteiger partial charge on any atom is -0.374 e. The van der Waals surface area contributed by atoms with Gasteiger partial charge in [0.1, 0.15) is 5.82 Å². The molecule has 11 heteroatoms. The quantitative estimate of drug-likeness (QED) is 0.807. The molecule has 3 aliphatic heterocycles. The smallest absolute Gasteiger partial charge is 0.374 e. The summed E-state index contributed by atoms with van der Waals surface area (Å²) in [6.45, 7) is 1.93. The first-order chi connectivity index (χ1) is 14.4. The van der Waals surface area contributed by atoms with Crippen LogP contribution in [0.2, 0.25) is 0 Å². The van der Waals surface area contributed by atoms with E-state index in [4.69, 9.17) is 15.5 Å². The number of morpholine rings is 1. The Morgan fingerprint density at radius 3 is 2.43 bits per heavy atom. The van der Waals surface area contributed by atoms with Gasteiger partial charge in [0.15, 0.2) is 0 Å². The number of ether oxygens (including phenoxy) is 1. The largest absolute Gasteiger partial charge is 0.391 e. The molecule has 0 spiro atoms. The van der Waals surface area contributed by atoms with Crippen LogP contribution in [0.4, 0.5) is 30.9 Å². The summed E-state index contributed by atoms with van der Waals surface area (Å²) in [4.78, 5) is 21.5. The number of hydrogen-bond acceptors (Lipinski definition) is 8. The second-order valence-corrected chi connectivity index (χ2v) is 8.04. The first-order valence-corrected chi connectivity index (χ1v) is 10.0. The minimum atomic E-state index is -4.16. The van der Waals surface area contributed by atoms with Gasteiger partial charge >= 0.3 is 6.18 Å². The van der Waals surface area contributed by atoms with E-state index in [0.717, 1.165) is 18.8 Å². The lowest BCUT2D eigenvalue weighted by atomic mass is 9.96. The molecular weight excluding hydrogens is 399 g/mol. The van der Waals surface area contributed by atoms with Crippen LogP contribution in [0, 0.1) is 5.92 Å². The molecule has 2 bridgehead atoms. The normalized spacial score (nSPS) is 24.6. The number of halogens is 3. The van der Waals surface area contributed by atoms with Crippen molar-refractivity contribution in [1.82, 2.24) is 19.9 Å². The fourth-order valence-electron chi connectivity index (χ4n) is 4.42. The van der Waals surface area contributed by atoms with Crippen LogP contribution in [-0.2, 0) is 4.74 Å². The zero-order valence-corrected chi connectivity index (χ0v) is 16.2. The molecule has 8 nitrogen and oxygen atoms in total. The molecule has 2 unspecified atom stereocenters. The SMILES string of the molecule is Nc1ncc(-c2cc(N3CC4CC3CO4)nc(N3CCC(C(F)(F)F)CC3)n2)cn1. The van der Waals surface area contributed by atoms with Crippen molar-refractivity contribution in [3.05, 3.63) is 18.5 Å². The molecule has 3 fully saturated rings. The van der Waals surface area contributed by atoms with Crippen molar-refractivity contribution in [3.63, 3.8) is 0 Å². The van der Waals surface area contributed by atoms with E-state index in [1.54, 1.807) is 12.4 Å². The van der Waals surface area contributed by atoms with Crippen molar-refractivity contribution in [2.45, 2.75) is 37.6 Å². The summed E-state index contributed by atoms with van der Waals surface area (Å²) in [6, 6.07) is 2.13. The second-order valence-electron chi connectivity index (χ2n) is 8.04. The molecule has 0 saturated carbocycles. The maximum atomic E-state index is 13.1. The lowest BCUT2D eigenvalue weighted by Crippen LogP contribution is -2.41. The standard InChI is InChI=1S/C19H22F3N7O/c20-19(21,22)12-1-3-28(4-2-12)18-26-15(11-7-24-17(23)25-8-11)6-16(27-18)29-9-14-5-13(29)10-30-14/h6-8,12-14H,1-5,9-10H2,(H2,23,24,25). The van der Waals surface area contributed by atoms with E-state index in [9.17, 15) is 13.2 Å². The van der Waals surface area contributed by atoms with Crippen LogP contribution in [0.1, 0.15) is 19.3 Å². The third-order valence-electron chi connectivity index (χ3n) is 6.10. The number of nitrogen functional groups attached to an aromatic ring is 1. The number of fused-ring (bicyclic) bond motifs is 2. The predicted octanol–water partition coefficient (Wildman–Crippen LogP) is 2.27. The maximum Gasteiger partial charge on any atom is 0.391 e. The Balaban J connectivity index is 1.46. The van der Waals surface area contributed by atoms with Crippen LogP contribution < -0.4 is 15.5 Å². The van der Waals surface area contributed by atoms with Gasteiger partial charge in [0.05, 0.1) is 30.4 Å². The summed E-state index contributed by atoms with van der Waals surface area (Å²) in [5.41, 5.74) is 6.90. The van der Waals surface area contributed by atoms with Crippen molar-refractivity contribution >= 4 is 17.7 Å². The van der Waals surface area contributed by atoms with Gasteiger partial charge in [-0.15, -0.1) is 0 Å². The summed E-state index contributed by atoms with van der Waals surface area (Å²) in [5, 5.41) is 0. The molecule has 30 heavy (non-hydrogen) atoms. The summed E-state index contributed by atoms with van der Waals surface area (Å²) in [5.74, 6) is 0.0778. The highest BCUT2D eigenvalue weighted by atomic mass is 19.4. The van der Waals surface area contributed by atoms with Crippen LogP contribution in [0.15, 0.2) is 18.5 Å². The zero-order chi connectivity index (χ0) is 20.9. The van der Waals surface area contributed by atoms with Crippen molar-refractivity contribution in [1.29, 1.82) is 0 Å². The Morgan fingerprint density at radius 1 is 1.10 bits per heavy atom. The number of rotatable bonds is 3. The summed E-state index contributed by atoms with van der Waals surface area (Å²) < 4.78 is 44.8. The van der Waals surface area contributed by atoms with Crippen LogP contribution in [0.25, 0.3) is 11.3 Å². The second kappa shape index (κ2) is 7.22. The molecule has 0 aliphatic carbocycles. The van der Waals surface area contributed by atoms with Gasteiger partial charge in [0.2, 0.25) is 11.9 Å². The van der Waals surface area contributed by atoms with E-state index in [-0.39, 0.29) is 44.0 Å². The van der Waals surface area contributed by atoms with Gasteiger partial charge < -0.3 is 20.3 Å². The fourth-order valence-corrected chi connectivity index (χ4v) is 4.42. The van der Waals surface area contributed by atoms with E-state index < -0.39 is 12.1 Å². The van der Waals surface area contributed by atoms with E-state index in [1.165, 1.54) is 0 Å². The summed E-state index contributed by atoms with van der Waals surface area (Å²) in [6.07, 6.45) is 0.256. The molecule has 2 atom stereocenters. The summed E-state index contributed by atoms with van der Waals surface area (Å²) >= 11 is 0. The van der Waals surface area contributed by atoms with Crippen molar-refractivity contribution in [3.8, 4) is 11.3 Å². The Kier molecular flexibility index (Phi) is 4.64. The van der Waals surface area contributed by atoms with Gasteiger partial charge in [-0.25, -0.2) is 15.0 Å². The van der Waals surface area contributed by atoms with E-state index in [0.29, 0.717) is 23.8 Å². The van der Waals surface area contributed by atoms with Gasteiger partial charge in [-0.2, -0.15) is 18.2 Å². The fraction of sp³-hybridized carbons (Fsp3) is 0.579. The van der Waals surface area contributed by atoms with Crippen LogP contribution in [0.3, 0.4) is 0 Å². The Morgan fingerprint density at radius 2 is 1.83 bits per heavy atom. The lowest BCUT2D eigenvalue weighted by molar-refractivity contribution is -0.179. The number of aromatic nitrogens is 4. The molecule has 2 aromatic heterocycles. The van der Waals surface area contributed by atoms with E-state index >= 15 is 0 Å². The van der Waals surface area contributed by atoms with E-state index in [1.807, 2.05) is 11.0 Å². The maximum absolute atomic E-state index is 13.1. The third kappa shape index (κ3) is 3.62. The number of anilines is 3. The number of nitrogens with zero attached hydrogens (tertiary/aromatic N) is 6. The number of piperidine rings is 1. The van der Waals surface area contributed by atoms with Crippen molar-refractivity contribution < 1.29 is 17.9 Å². The van der Waals surface area contributed by atoms with E-state index in [2.05, 4.69) is 19.9 Å². The van der Waals surface area contributed by atoms with Crippen LogP contribution in [-0.4, -0.2) is 64.5 Å². The molecule has 2 N–H and O–H groups in total. The highest BCUT2D eigenvalue weighted by Crippen LogP contribution is 2.37. The Bertz CT molecular complexity index is 915. The van der Waals surface area contributed by atoms with Gasteiger partial charge in [0.25, 0.3) is 0 Å². The first kappa shape index (κ1) is 19.3. The molecule has 5 heterocycles. The van der Waals surface area contributed by atoms with Gasteiger partial charge in [-0.1, -0.05) is 0 Å². The lowest BCUT2D eigenvalue weighted by Gasteiger charge is -2.34. The molecule has 0 aromatic carbocycles. The Labute approximate surface area is 171 Å².